The van der Waals surface area contributed by atoms with Crippen LogP contribution >= 0.6 is 0 Å². The molecule has 7 nitrogen and oxygen atoms in total. The molecule has 3 heterocycles. The van der Waals surface area contributed by atoms with Gasteiger partial charge in [-0.25, -0.2) is 4.98 Å². The normalized spacial score (nSPS) is 16.5. The summed E-state index contributed by atoms with van der Waals surface area (Å²) in [4.78, 5) is 21.5. The first-order valence-electron chi connectivity index (χ1n) is 9.51. The Bertz CT molecular complexity index is 847. The zero-order valence-corrected chi connectivity index (χ0v) is 16.3. The van der Waals surface area contributed by atoms with E-state index >= 15 is 0 Å². The number of morpholine rings is 1. The number of benzene rings is 1. The molecule has 1 saturated heterocycles. The van der Waals surface area contributed by atoms with Crippen molar-refractivity contribution >= 4 is 11.7 Å². The van der Waals surface area contributed by atoms with Crippen molar-refractivity contribution in [3.8, 4) is 11.5 Å². The van der Waals surface area contributed by atoms with Crippen LogP contribution in [0.4, 0.5) is 5.82 Å². The van der Waals surface area contributed by atoms with Gasteiger partial charge in [0.1, 0.15) is 5.82 Å². The highest BCUT2D eigenvalue weighted by Crippen LogP contribution is 2.33. The van der Waals surface area contributed by atoms with Gasteiger partial charge in [-0.2, -0.15) is 0 Å². The average molecular weight is 383 g/mol. The third kappa shape index (κ3) is 3.62. The highest BCUT2D eigenvalue weighted by atomic mass is 16.5. The van der Waals surface area contributed by atoms with Crippen molar-refractivity contribution in [2.75, 3.05) is 52.0 Å². The van der Waals surface area contributed by atoms with Gasteiger partial charge in [-0.15, -0.1) is 0 Å². The Morgan fingerprint density at radius 1 is 1.04 bits per heavy atom. The molecule has 0 radical (unpaired) electrons. The topological polar surface area (TPSA) is 64.1 Å². The average Bonchev–Trinajstić information content (AvgIpc) is 2.78. The van der Waals surface area contributed by atoms with Crippen LogP contribution in [0.3, 0.4) is 0 Å². The first-order chi connectivity index (χ1) is 13.7. The second kappa shape index (κ2) is 8.06. The number of amides is 1. The molecular formula is C21H25N3O4. The van der Waals surface area contributed by atoms with E-state index in [1.165, 1.54) is 5.56 Å². The lowest BCUT2D eigenvalue weighted by molar-refractivity contribution is 0.0734. The minimum absolute atomic E-state index is 0.00135. The van der Waals surface area contributed by atoms with Gasteiger partial charge in [0.05, 0.1) is 33.0 Å². The Morgan fingerprint density at radius 3 is 2.39 bits per heavy atom. The van der Waals surface area contributed by atoms with Crippen molar-refractivity contribution in [1.29, 1.82) is 0 Å². The van der Waals surface area contributed by atoms with E-state index in [1.807, 2.05) is 29.2 Å². The van der Waals surface area contributed by atoms with Crippen LogP contribution in [0.2, 0.25) is 0 Å². The van der Waals surface area contributed by atoms with Gasteiger partial charge in [0, 0.05) is 32.4 Å². The molecular weight excluding hydrogens is 358 g/mol. The lowest BCUT2D eigenvalue weighted by Crippen LogP contribution is -2.37. The van der Waals surface area contributed by atoms with Gasteiger partial charge in [-0.1, -0.05) is 0 Å². The van der Waals surface area contributed by atoms with Gasteiger partial charge in [0.15, 0.2) is 11.5 Å². The van der Waals surface area contributed by atoms with E-state index in [0.717, 1.165) is 36.6 Å². The summed E-state index contributed by atoms with van der Waals surface area (Å²) in [5, 5.41) is 0. The minimum atomic E-state index is 0.00135. The van der Waals surface area contributed by atoms with Gasteiger partial charge < -0.3 is 24.0 Å². The second-order valence-electron chi connectivity index (χ2n) is 6.96. The van der Waals surface area contributed by atoms with E-state index in [1.54, 1.807) is 20.4 Å². The smallest absolute Gasteiger partial charge is 0.255 e. The Labute approximate surface area is 164 Å². The summed E-state index contributed by atoms with van der Waals surface area (Å²) in [6.07, 6.45) is 2.47. The lowest BCUT2D eigenvalue weighted by Gasteiger charge is -2.30. The highest BCUT2D eigenvalue weighted by Gasteiger charge is 2.24. The molecule has 0 atom stereocenters. The van der Waals surface area contributed by atoms with Gasteiger partial charge in [-0.05, 0) is 41.8 Å². The highest BCUT2D eigenvalue weighted by molar-refractivity contribution is 5.94. The fraction of sp³-hybridized carbons (Fsp3) is 0.429. The van der Waals surface area contributed by atoms with Crippen LogP contribution in [0.25, 0.3) is 0 Å². The standard InChI is InChI=1S/C21H25N3O4/c1-26-18-11-15-5-6-24(14-17(15)12-19(18)27-2)21(25)16-3-4-20(22-13-16)23-7-9-28-10-8-23/h3-4,11-13H,5-10,14H2,1-2H3. The number of ether oxygens (including phenoxy) is 3. The molecule has 0 bridgehead atoms. The number of pyridine rings is 1. The quantitative estimate of drug-likeness (QED) is 0.806. The first-order valence-corrected chi connectivity index (χ1v) is 9.51. The Kier molecular flexibility index (Phi) is 5.34. The van der Waals surface area contributed by atoms with Crippen molar-refractivity contribution in [3.05, 3.63) is 47.2 Å². The van der Waals surface area contributed by atoms with Crippen LogP contribution in [0.15, 0.2) is 30.5 Å². The van der Waals surface area contributed by atoms with Crippen molar-refractivity contribution in [2.45, 2.75) is 13.0 Å². The van der Waals surface area contributed by atoms with Crippen LogP contribution in [-0.2, 0) is 17.7 Å². The SMILES string of the molecule is COc1cc2c(cc1OC)CN(C(=O)c1ccc(N3CCOCC3)nc1)CC2. The molecule has 2 aliphatic rings. The summed E-state index contributed by atoms with van der Waals surface area (Å²) >= 11 is 0. The summed E-state index contributed by atoms with van der Waals surface area (Å²) in [5.74, 6) is 2.30. The minimum Gasteiger partial charge on any atom is -0.493 e. The van der Waals surface area contributed by atoms with E-state index in [0.29, 0.717) is 37.6 Å². The van der Waals surface area contributed by atoms with Crippen LogP contribution in [0, 0.1) is 0 Å². The number of carbonyl (C=O) groups is 1. The molecule has 0 aliphatic carbocycles. The van der Waals surface area contributed by atoms with E-state index in [-0.39, 0.29) is 5.91 Å². The molecule has 0 N–H and O–H groups in total. The zero-order valence-electron chi connectivity index (χ0n) is 16.3. The molecule has 28 heavy (non-hydrogen) atoms. The molecule has 148 valence electrons. The fourth-order valence-corrected chi connectivity index (χ4v) is 3.73. The maximum absolute atomic E-state index is 13.0. The maximum Gasteiger partial charge on any atom is 0.255 e. The number of fused-ring (bicyclic) bond motifs is 1. The molecule has 7 heteroatoms. The third-order valence-corrected chi connectivity index (χ3v) is 5.34. The number of methoxy groups -OCH3 is 2. The Morgan fingerprint density at radius 2 is 1.75 bits per heavy atom. The monoisotopic (exact) mass is 383 g/mol. The third-order valence-electron chi connectivity index (χ3n) is 5.34. The van der Waals surface area contributed by atoms with E-state index in [2.05, 4.69) is 9.88 Å². The molecule has 1 aromatic heterocycles. The summed E-state index contributed by atoms with van der Waals surface area (Å²) < 4.78 is 16.2. The molecule has 1 fully saturated rings. The fourth-order valence-electron chi connectivity index (χ4n) is 3.73. The summed E-state index contributed by atoms with van der Waals surface area (Å²) in [6.45, 7) is 4.31. The van der Waals surface area contributed by atoms with Gasteiger partial charge >= 0.3 is 0 Å². The van der Waals surface area contributed by atoms with Gasteiger partial charge in [0.25, 0.3) is 5.91 Å². The summed E-state index contributed by atoms with van der Waals surface area (Å²) in [7, 11) is 3.26. The molecule has 2 aliphatic heterocycles. The summed E-state index contributed by atoms with van der Waals surface area (Å²) in [5.41, 5.74) is 2.90. The van der Waals surface area contributed by atoms with E-state index in [9.17, 15) is 4.79 Å². The molecule has 2 aromatic rings. The molecule has 0 spiro atoms. The summed E-state index contributed by atoms with van der Waals surface area (Å²) in [6, 6.07) is 7.76. The predicted octanol–water partition coefficient (Wildman–Crippen LogP) is 2.13. The number of anilines is 1. The molecule has 0 unspecified atom stereocenters. The zero-order chi connectivity index (χ0) is 19.5. The molecule has 4 rings (SSSR count). The van der Waals surface area contributed by atoms with Crippen LogP contribution in [0.5, 0.6) is 11.5 Å². The van der Waals surface area contributed by atoms with E-state index in [4.69, 9.17) is 14.2 Å². The first kappa shape index (κ1) is 18.6. The van der Waals surface area contributed by atoms with Crippen LogP contribution < -0.4 is 14.4 Å². The van der Waals surface area contributed by atoms with Crippen molar-refractivity contribution < 1.29 is 19.0 Å². The number of rotatable bonds is 4. The number of aromatic nitrogens is 1. The number of nitrogens with zero attached hydrogens (tertiary/aromatic N) is 3. The number of hydrogen-bond donors (Lipinski definition) is 0. The lowest BCUT2D eigenvalue weighted by atomic mass is 9.98. The Hall–Kier alpha value is -2.80. The van der Waals surface area contributed by atoms with E-state index < -0.39 is 0 Å². The predicted molar refractivity (Wildman–Crippen MR) is 105 cm³/mol. The van der Waals surface area contributed by atoms with Gasteiger partial charge in [0.2, 0.25) is 0 Å². The molecule has 1 aromatic carbocycles. The van der Waals surface area contributed by atoms with Crippen molar-refractivity contribution in [3.63, 3.8) is 0 Å². The van der Waals surface area contributed by atoms with Crippen molar-refractivity contribution in [1.82, 2.24) is 9.88 Å². The van der Waals surface area contributed by atoms with Crippen LogP contribution in [-0.4, -0.2) is 62.9 Å². The Balaban J connectivity index is 1.48. The van der Waals surface area contributed by atoms with Crippen molar-refractivity contribution in [2.24, 2.45) is 0 Å². The second-order valence-corrected chi connectivity index (χ2v) is 6.96. The number of carbonyl (C=O) groups excluding carboxylic acids is 1. The molecule has 1 amide bonds. The maximum atomic E-state index is 13.0. The van der Waals surface area contributed by atoms with Crippen LogP contribution in [0.1, 0.15) is 21.5 Å². The molecule has 0 saturated carbocycles. The van der Waals surface area contributed by atoms with Gasteiger partial charge in [-0.3, -0.25) is 4.79 Å². The largest absolute Gasteiger partial charge is 0.493 e. The number of hydrogen-bond acceptors (Lipinski definition) is 6.